The molecule has 0 radical (unpaired) electrons. The third-order valence-corrected chi connectivity index (χ3v) is 5.52. The summed E-state index contributed by atoms with van der Waals surface area (Å²) in [4.78, 5) is 27.5. The molecule has 2 aromatic rings. The highest BCUT2D eigenvalue weighted by Crippen LogP contribution is 2.31. The summed E-state index contributed by atoms with van der Waals surface area (Å²) in [6, 6.07) is 14.4. The van der Waals surface area contributed by atoms with E-state index in [-0.39, 0.29) is 30.4 Å². The Hall–Kier alpha value is -2.53. The second-order valence-corrected chi connectivity index (χ2v) is 9.44. The Balaban J connectivity index is 2.19. The summed E-state index contributed by atoms with van der Waals surface area (Å²) in [6.07, 6.45) is 1.88. The van der Waals surface area contributed by atoms with Gasteiger partial charge in [0.2, 0.25) is 5.91 Å². The van der Waals surface area contributed by atoms with Gasteiger partial charge in [0.1, 0.15) is 11.8 Å². The van der Waals surface area contributed by atoms with Gasteiger partial charge in [-0.05, 0) is 48.1 Å². The molecule has 32 heavy (non-hydrogen) atoms. The van der Waals surface area contributed by atoms with Crippen molar-refractivity contribution in [2.24, 2.45) is 0 Å². The van der Waals surface area contributed by atoms with Gasteiger partial charge in [0.05, 0.1) is 0 Å². The maximum atomic E-state index is 13.2. The topological polar surface area (TPSA) is 58.6 Å². The molecule has 2 amide bonds. The third kappa shape index (κ3) is 7.56. The standard InChI is InChI=1S/C26H35ClN2O3/c1-6-7-15-28-25(31)19(2)29(17-20-11-10-12-21(27)16-20)24(30)18-32-23-14-9-8-13-22(23)26(3,4)5/h8-14,16,19H,6-7,15,17-18H2,1-5H3,(H,28,31). The average Bonchev–Trinajstić information content (AvgIpc) is 2.75. The molecule has 5 nitrogen and oxygen atoms in total. The summed E-state index contributed by atoms with van der Waals surface area (Å²) in [7, 11) is 0. The van der Waals surface area contributed by atoms with Crippen molar-refractivity contribution >= 4 is 23.4 Å². The first-order valence-corrected chi connectivity index (χ1v) is 11.5. The van der Waals surface area contributed by atoms with E-state index in [9.17, 15) is 9.59 Å². The SMILES string of the molecule is CCCCNC(=O)C(C)N(Cc1cccc(Cl)c1)C(=O)COc1ccccc1C(C)(C)C. The van der Waals surface area contributed by atoms with Gasteiger partial charge in [-0.1, -0.05) is 76.0 Å². The highest BCUT2D eigenvalue weighted by atomic mass is 35.5. The molecule has 0 saturated carbocycles. The molecule has 0 aliphatic carbocycles. The molecule has 0 saturated heterocycles. The van der Waals surface area contributed by atoms with Crippen LogP contribution in [0.15, 0.2) is 48.5 Å². The molecule has 1 atom stereocenters. The minimum Gasteiger partial charge on any atom is -0.483 e. The van der Waals surface area contributed by atoms with E-state index in [1.807, 2.05) is 36.4 Å². The van der Waals surface area contributed by atoms with E-state index in [0.717, 1.165) is 24.0 Å². The first kappa shape index (κ1) is 25.7. The average molecular weight is 459 g/mol. The number of halogens is 1. The summed E-state index contributed by atoms with van der Waals surface area (Å²) in [5.41, 5.74) is 1.76. The van der Waals surface area contributed by atoms with Gasteiger partial charge in [-0.15, -0.1) is 0 Å². The van der Waals surface area contributed by atoms with Gasteiger partial charge in [-0.3, -0.25) is 9.59 Å². The van der Waals surface area contributed by atoms with Crippen LogP contribution in [-0.4, -0.2) is 35.9 Å². The molecular formula is C26H35ClN2O3. The number of ether oxygens (including phenoxy) is 1. The van der Waals surface area contributed by atoms with Crippen molar-refractivity contribution in [3.05, 3.63) is 64.7 Å². The first-order chi connectivity index (χ1) is 15.1. The molecule has 0 spiro atoms. The minimum atomic E-state index is -0.639. The zero-order valence-electron chi connectivity index (χ0n) is 19.8. The van der Waals surface area contributed by atoms with Crippen LogP contribution in [-0.2, 0) is 21.5 Å². The molecule has 2 rings (SSSR count). The molecular weight excluding hydrogens is 424 g/mol. The lowest BCUT2D eigenvalue weighted by Gasteiger charge is -2.29. The summed E-state index contributed by atoms with van der Waals surface area (Å²) in [5, 5.41) is 3.51. The monoisotopic (exact) mass is 458 g/mol. The van der Waals surface area contributed by atoms with E-state index in [0.29, 0.717) is 17.3 Å². The number of carbonyl (C=O) groups is 2. The minimum absolute atomic E-state index is 0.118. The van der Waals surface area contributed by atoms with E-state index < -0.39 is 6.04 Å². The van der Waals surface area contributed by atoms with Crippen LogP contribution in [0.2, 0.25) is 5.02 Å². The largest absolute Gasteiger partial charge is 0.483 e. The highest BCUT2D eigenvalue weighted by Gasteiger charge is 2.27. The van der Waals surface area contributed by atoms with Crippen LogP contribution in [0.3, 0.4) is 0 Å². The summed E-state index contributed by atoms with van der Waals surface area (Å²) in [5.74, 6) is 0.242. The fraction of sp³-hybridized carbons (Fsp3) is 0.462. The van der Waals surface area contributed by atoms with Gasteiger partial charge in [-0.2, -0.15) is 0 Å². The summed E-state index contributed by atoms with van der Waals surface area (Å²) < 4.78 is 5.95. The van der Waals surface area contributed by atoms with E-state index in [2.05, 4.69) is 33.0 Å². The van der Waals surface area contributed by atoms with Crippen molar-refractivity contribution in [1.82, 2.24) is 10.2 Å². The van der Waals surface area contributed by atoms with Crippen LogP contribution in [0, 0.1) is 0 Å². The van der Waals surface area contributed by atoms with Crippen LogP contribution in [0.25, 0.3) is 0 Å². The van der Waals surface area contributed by atoms with E-state index >= 15 is 0 Å². The van der Waals surface area contributed by atoms with Crippen molar-refractivity contribution < 1.29 is 14.3 Å². The van der Waals surface area contributed by atoms with Crippen LogP contribution < -0.4 is 10.1 Å². The zero-order valence-corrected chi connectivity index (χ0v) is 20.5. The van der Waals surface area contributed by atoms with Crippen LogP contribution in [0.1, 0.15) is 58.6 Å². The summed E-state index contributed by atoms with van der Waals surface area (Å²) in [6.45, 7) is 10.8. The van der Waals surface area contributed by atoms with Crippen LogP contribution in [0.4, 0.5) is 0 Å². The van der Waals surface area contributed by atoms with E-state index in [1.54, 1.807) is 24.0 Å². The molecule has 1 N–H and O–H groups in total. The molecule has 2 aromatic carbocycles. The lowest BCUT2D eigenvalue weighted by molar-refractivity contribution is -0.142. The molecule has 0 fully saturated rings. The molecule has 0 aliphatic rings. The first-order valence-electron chi connectivity index (χ1n) is 11.2. The van der Waals surface area contributed by atoms with Crippen molar-refractivity contribution in [3.63, 3.8) is 0 Å². The van der Waals surface area contributed by atoms with Gasteiger partial charge in [0, 0.05) is 18.1 Å². The van der Waals surface area contributed by atoms with Gasteiger partial charge >= 0.3 is 0 Å². The lowest BCUT2D eigenvalue weighted by atomic mass is 9.86. The number of benzene rings is 2. The van der Waals surface area contributed by atoms with Gasteiger partial charge < -0.3 is 15.0 Å². The Labute approximate surface area is 197 Å². The van der Waals surface area contributed by atoms with Crippen molar-refractivity contribution in [3.8, 4) is 5.75 Å². The van der Waals surface area contributed by atoms with E-state index in [1.165, 1.54) is 0 Å². The molecule has 0 heterocycles. The highest BCUT2D eigenvalue weighted by molar-refractivity contribution is 6.30. The Morgan fingerprint density at radius 3 is 2.50 bits per heavy atom. The zero-order chi connectivity index (χ0) is 23.7. The van der Waals surface area contributed by atoms with Crippen LogP contribution in [0.5, 0.6) is 5.75 Å². The normalized spacial score (nSPS) is 12.2. The Bertz CT molecular complexity index is 908. The number of nitrogens with one attached hydrogen (secondary N) is 1. The number of unbranched alkanes of at least 4 members (excludes halogenated alkanes) is 1. The van der Waals surface area contributed by atoms with Gasteiger partial charge in [0.15, 0.2) is 6.61 Å². The fourth-order valence-corrected chi connectivity index (χ4v) is 3.60. The van der Waals surface area contributed by atoms with Gasteiger partial charge in [0.25, 0.3) is 5.91 Å². The third-order valence-electron chi connectivity index (χ3n) is 5.29. The quantitative estimate of drug-likeness (QED) is 0.488. The molecule has 0 aliphatic heterocycles. The predicted octanol–water partition coefficient (Wildman–Crippen LogP) is 5.35. The Kier molecular flexibility index (Phi) is 9.58. The second kappa shape index (κ2) is 11.9. The maximum Gasteiger partial charge on any atom is 0.261 e. The number of para-hydroxylation sites is 1. The number of carbonyl (C=O) groups excluding carboxylic acids is 2. The molecule has 6 heteroatoms. The number of amides is 2. The van der Waals surface area contributed by atoms with Crippen molar-refractivity contribution in [1.29, 1.82) is 0 Å². The number of rotatable bonds is 10. The molecule has 1 unspecified atom stereocenters. The predicted molar refractivity (Wildman–Crippen MR) is 130 cm³/mol. The van der Waals surface area contributed by atoms with E-state index in [4.69, 9.17) is 16.3 Å². The van der Waals surface area contributed by atoms with Crippen molar-refractivity contribution in [2.75, 3.05) is 13.2 Å². The van der Waals surface area contributed by atoms with Crippen molar-refractivity contribution in [2.45, 2.75) is 65.5 Å². The summed E-state index contributed by atoms with van der Waals surface area (Å²) >= 11 is 6.13. The Morgan fingerprint density at radius 2 is 1.84 bits per heavy atom. The molecule has 0 aromatic heterocycles. The fourth-order valence-electron chi connectivity index (χ4n) is 3.39. The van der Waals surface area contributed by atoms with Gasteiger partial charge in [-0.25, -0.2) is 0 Å². The lowest BCUT2D eigenvalue weighted by Crippen LogP contribution is -2.49. The van der Waals surface area contributed by atoms with Crippen LogP contribution >= 0.6 is 11.6 Å². The molecule has 0 bridgehead atoms. The maximum absolute atomic E-state index is 13.2. The Morgan fingerprint density at radius 1 is 1.12 bits per heavy atom. The number of nitrogens with zero attached hydrogens (tertiary/aromatic N) is 1. The smallest absolute Gasteiger partial charge is 0.261 e. The number of hydrogen-bond acceptors (Lipinski definition) is 3. The molecule has 174 valence electrons. The second-order valence-electron chi connectivity index (χ2n) is 9.01. The number of hydrogen-bond donors (Lipinski definition) is 1.